The molecule has 0 aliphatic heterocycles. The molecule has 174 valence electrons. The molecule has 0 saturated heterocycles. The highest BCUT2D eigenvalue weighted by molar-refractivity contribution is 7.89. The third kappa shape index (κ3) is 7.27. The molecule has 2 N–H and O–H groups in total. The molecule has 32 heavy (non-hydrogen) atoms. The van der Waals surface area contributed by atoms with Gasteiger partial charge in [-0.05, 0) is 61.6 Å². The molecule has 2 rings (SSSR count). The summed E-state index contributed by atoms with van der Waals surface area (Å²) in [5.41, 5.74) is 0.950. The van der Waals surface area contributed by atoms with Crippen LogP contribution in [-0.4, -0.2) is 56.7 Å². The van der Waals surface area contributed by atoms with Crippen LogP contribution in [0.25, 0.3) is 0 Å². The summed E-state index contributed by atoms with van der Waals surface area (Å²) in [6.07, 6.45) is 0. The number of nitrogens with zero attached hydrogens (tertiary/aromatic N) is 1. The molecule has 0 aliphatic carbocycles. The zero-order valence-corrected chi connectivity index (χ0v) is 20.1. The molecule has 2 aromatic rings. The van der Waals surface area contributed by atoms with E-state index in [0.717, 1.165) is 0 Å². The van der Waals surface area contributed by atoms with Crippen LogP contribution < -0.4 is 15.4 Å². The smallest absolute Gasteiger partial charge is 0.257 e. The predicted octanol–water partition coefficient (Wildman–Crippen LogP) is 3.26. The molecule has 0 fully saturated rings. The van der Waals surface area contributed by atoms with Crippen LogP contribution in [0.2, 0.25) is 0 Å². The quantitative estimate of drug-likeness (QED) is 0.377. The number of ether oxygens (including phenoxy) is 2. The second-order valence-electron chi connectivity index (χ2n) is 6.60. The zero-order chi connectivity index (χ0) is 23.6. The fourth-order valence-corrected chi connectivity index (χ4v) is 4.52. The van der Waals surface area contributed by atoms with Gasteiger partial charge in [-0.25, -0.2) is 8.42 Å². The first-order valence-corrected chi connectivity index (χ1v) is 12.2. The standard InChI is InChI=1S/C22H29N3O5S2/c1-4-25(5-2)32(27,28)20-12-10-18(11-13-20)23-22(31)24-21(26)17-8-7-9-19(16-17)30-15-14-29-6-3/h7-13,16H,4-6,14-15H2,1-3H3,(H2,23,24,26,31). The van der Waals surface area contributed by atoms with E-state index in [9.17, 15) is 13.2 Å². The lowest BCUT2D eigenvalue weighted by atomic mass is 10.2. The van der Waals surface area contributed by atoms with Gasteiger partial charge < -0.3 is 14.8 Å². The highest BCUT2D eigenvalue weighted by Crippen LogP contribution is 2.18. The van der Waals surface area contributed by atoms with E-state index in [2.05, 4.69) is 10.6 Å². The number of benzene rings is 2. The Bertz CT molecular complexity index is 1010. The molecule has 0 aromatic heterocycles. The number of thiocarbonyl (C=S) groups is 1. The van der Waals surface area contributed by atoms with E-state index in [0.29, 0.717) is 49.9 Å². The van der Waals surface area contributed by atoms with Crippen LogP contribution >= 0.6 is 12.2 Å². The van der Waals surface area contributed by atoms with Crippen LogP contribution in [0.15, 0.2) is 53.4 Å². The molecule has 8 nitrogen and oxygen atoms in total. The largest absolute Gasteiger partial charge is 0.491 e. The molecule has 0 unspecified atom stereocenters. The van der Waals surface area contributed by atoms with Gasteiger partial charge in [-0.2, -0.15) is 4.31 Å². The van der Waals surface area contributed by atoms with E-state index in [-0.39, 0.29) is 10.0 Å². The fraction of sp³-hybridized carbons (Fsp3) is 0.364. The lowest BCUT2D eigenvalue weighted by Gasteiger charge is -2.18. The first kappa shape index (κ1) is 25.7. The van der Waals surface area contributed by atoms with E-state index in [1.54, 1.807) is 50.2 Å². The first-order chi connectivity index (χ1) is 15.3. The number of amides is 1. The van der Waals surface area contributed by atoms with Gasteiger partial charge in [-0.1, -0.05) is 19.9 Å². The van der Waals surface area contributed by atoms with Crippen LogP contribution in [0, 0.1) is 0 Å². The predicted molar refractivity (Wildman–Crippen MR) is 129 cm³/mol. The molecule has 0 atom stereocenters. The van der Waals surface area contributed by atoms with Crippen LogP contribution in [-0.2, 0) is 14.8 Å². The van der Waals surface area contributed by atoms with E-state index in [4.69, 9.17) is 21.7 Å². The summed E-state index contributed by atoms with van der Waals surface area (Å²) in [4.78, 5) is 12.7. The number of rotatable bonds is 11. The number of hydrogen-bond acceptors (Lipinski definition) is 6. The summed E-state index contributed by atoms with van der Waals surface area (Å²) in [5.74, 6) is 0.166. The molecule has 0 aliphatic rings. The summed E-state index contributed by atoms with van der Waals surface area (Å²) < 4.78 is 37.3. The van der Waals surface area contributed by atoms with Crippen molar-refractivity contribution >= 4 is 38.9 Å². The number of hydrogen-bond donors (Lipinski definition) is 2. The molecule has 0 bridgehead atoms. The topological polar surface area (TPSA) is 97.0 Å². The Balaban J connectivity index is 1.96. The van der Waals surface area contributed by atoms with Crippen molar-refractivity contribution in [3.63, 3.8) is 0 Å². The van der Waals surface area contributed by atoms with Gasteiger partial charge in [0.15, 0.2) is 5.11 Å². The van der Waals surface area contributed by atoms with Crippen LogP contribution in [0.4, 0.5) is 5.69 Å². The minimum absolute atomic E-state index is 0.0945. The Labute approximate surface area is 195 Å². The highest BCUT2D eigenvalue weighted by Gasteiger charge is 2.21. The molecule has 0 saturated carbocycles. The molecule has 0 spiro atoms. The van der Waals surface area contributed by atoms with Gasteiger partial charge in [-0.15, -0.1) is 0 Å². The number of nitrogens with one attached hydrogen (secondary N) is 2. The SMILES string of the molecule is CCOCCOc1cccc(C(=O)NC(=S)Nc2ccc(S(=O)(=O)N(CC)CC)cc2)c1. The Morgan fingerprint density at radius 1 is 1.03 bits per heavy atom. The maximum atomic E-state index is 12.6. The van der Waals surface area contributed by atoms with Crippen LogP contribution in [0.3, 0.4) is 0 Å². The Kier molecular flexibility index (Phi) is 10.0. The van der Waals surface area contributed by atoms with Crippen molar-refractivity contribution in [1.29, 1.82) is 0 Å². The third-order valence-electron chi connectivity index (χ3n) is 4.48. The number of anilines is 1. The normalized spacial score (nSPS) is 11.2. The molecule has 2 aromatic carbocycles. The molecule has 1 amide bonds. The monoisotopic (exact) mass is 479 g/mol. The van der Waals surface area contributed by atoms with Crippen molar-refractivity contribution in [2.75, 3.05) is 38.2 Å². The highest BCUT2D eigenvalue weighted by atomic mass is 32.2. The number of sulfonamides is 1. The van der Waals surface area contributed by atoms with E-state index >= 15 is 0 Å². The van der Waals surface area contributed by atoms with Crippen molar-refractivity contribution in [2.45, 2.75) is 25.7 Å². The molecular formula is C22H29N3O5S2. The minimum Gasteiger partial charge on any atom is -0.491 e. The Morgan fingerprint density at radius 2 is 1.72 bits per heavy atom. The average Bonchev–Trinajstić information content (AvgIpc) is 2.78. The average molecular weight is 480 g/mol. The summed E-state index contributed by atoms with van der Waals surface area (Å²) in [6.45, 7) is 7.76. The summed E-state index contributed by atoms with van der Waals surface area (Å²) >= 11 is 5.21. The van der Waals surface area contributed by atoms with Crippen LogP contribution in [0.5, 0.6) is 5.75 Å². The van der Waals surface area contributed by atoms with Gasteiger partial charge in [0.05, 0.1) is 11.5 Å². The van der Waals surface area contributed by atoms with Gasteiger partial charge in [0, 0.05) is 30.9 Å². The van der Waals surface area contributed by atoms with Crippen molar-refractivity contribution in [3.05, 3.63) is 54.1 Å². The Morgan fingerprint density at radius 3 is 2.34 bits per heavy atom. The lowest BCUT2D eigenvalue weighted by molar-refractivity contribution is 0.0976. The summed E-state index contributed by atoms with van der Waals surface area (Å²) in [5, 5.41) is 5.58. The van der Waals surface area contributed by atoms with Crippen molar-refractivity contribution in [3.8, 4) is 5.75 Å². The fourth-order valence-electron chi connectivity index (χ4n) is 2.85. The van der Waals surface area contributed by atoms with Gasteiger partial charge in [0.2, 0.25) is 10.0 Å². The second kappa shape index (κ2) is 12.5. The van der Waals surface area contributed by atoms with Crippen LogP contribution in [0.1, 0.15) is 31.1 Å². The van der Waals surface area contributed by atoms with Gasteiger partial charge in [0.25, 0.3) is 5.91 Å². The van der Waals surface area contributed by atoms with E-state index in [1.165, 1.54) is 16.4 Å². The summed E-state index contributed by atoms with van der Waals surface area (Å²) in [7, 11) is -3.53. The lowest BCUT2D eigenvalue weighted by Crippen LogP contribution is -2.34. The zero-order valence-electron chi connectivity index (χ0n) is 18.5. The van der Waals surface area contributed by atoms with E-state index < -0.39 is 15.9 Å². The Hall–Kier alpha value is -2.53. The molecule has 0 heterocycles. The van der Waals surface area contributed by atoms with Gasteiger partial charge >= 0.3 is 0 Å². The summed E-state index contributed by atoms with van der Waals surface area (Å²) in [6, 6.07) is 13.0. The second-order valence-corrected chi connectivity index (χ2v) is 8.94. The van der Waals surface area contributed by atoms with Crippen molar-refractivity contribution in [1.82, 2.24) is 9.62 Å². The third-order valence-corrected chi connectivity index (χ3v) is 6.75. The minimum atomic E-state index is -3.53. The number of carbonyl (C=O) groups is 1. The van der Waals surface area contributed by atoms with Crippen molar-refractivity contribution < 1.29 is 22.7 Å². The number of carbonyl (C=O) groups excluding carboxylic acids is 1. The maximum Gasteiger partial charge on any atom is 0.257 e. The molecule has 0 radical (unpaired) electrons. The van der Waals surface area contributed by atoms with Gasteiger partial charge in [-0.3, -0.25) is 10.1 Å². The van der Waals surface area contributed by atoms with Gasteiger partial charge in [0.1, 0.15) is 12.4 Å². The van der Waals surface area contributed by atoms with Crippen molar-refractivity contribution in [2.24, 2.45) is 0 Å². The molecule has 10 heteroatoms. The maximum absolute atomic E-state index is 12.6. The first-order valence-electron chi connectivity index (χ1n) is 10.3. The molecular weight excluding hydrogens is 450 g/mol. The van der Waals surface area contributed by atoms with E-state index in [1.807, 2.05) is 6.92 Å².